The number of pyridine rings is 2. The maximum Gasteiger partial charge on any atom is 0.301 e. The molecule has 2 N–H and O–H groups in total. The fourth-order valence-corrected chi connectivity index (χ4v) is 8.32. The van der Waals surface area contributed by atoms with Crippen molar-refractivity contribution in [3.63, 3.8) is 0 Å². The molecule has 67 heavy (non-hydrogen) atoms. The van der Waals surface area contributed by atoms with E-state index in [2.05, 4.69) is 29.6 Å². The van der Waals surface area contributed by atoms with Crippen LogP contribution in [0.4, 0.5) is 11.4 Å². The minimum Gasteiger partial charge on any atom is -0.289 e. The molecule has 1 fully saturated rings. The predicted octanol–water partition coefficient (Wildman–Crippen LogP) is 5.68. The topological polar surface area (TPSA) is 232 Å². The van der Waals surface area contributed by atoms with Gasteiger partial charge in [0.25, 0.3) is 0 Å². The van der Waals surface area contributed by atoms with Crippen molar-refractivity contribution in [3.05, 3.63) is 129 Å². The Hall–Kier alpha value is -6.88. The fourth-order valence-electron chi connectivity index (χ4n) is 6.67. The molecule has 0 atom stereocenters. The highest BCUT2D eigenvalue weighted by molar-refractivity contribution is 7.90. The Balaban J connectivity index is 0.000000171. The van der Waals surface area contributed by atoms with E-state index < -0.39 is 20.4 Å². The van der Waals surface area contributed by atoms with Crippen LogP contribution in [0.2, 0.25) is 5.02 Å². The van der Waals surface area contributed by atoms with Gasteiger partial charge in [-0.3, -0.25) is 48.0 Å². The van der Waals surface area contributed by atoms with E-state index in [1.165, 1.54) is 34.3 Å². The summed E-state index contributed by atoms with van der Waals surface area (Å²) < 4.78 is 59.6. The first-order valence-corrected chi connectivity index (χ1v) is 23.5. The number of benzene rings is 2. The number of hydrogen-bond donors (Lipinski definition) is 2. The van der Waals surface area contributed by atoms with Gasteiger partial charge < -0.3 is 0 Å². The van der Waals surface area contributed by atoms with Crippen molar-refractivity contribution < 1.29 is 26.4 Å². The van der Waals surface area contributed by atoms with Gasteiger partial charge in [0.2, 0.25) is 11.8 Å². The molecule has 0 spiro atoms. The number of carbonyl (C=O) groups is 2. The number of halogens is 2. The van der Waals surface area contributed by atoms with Gasteiger partial charge in [0, 0.05) is 130 Å². The van der Waals surface area contributed by atoms with Crippen LogP contribution in [0.3, 0.4) is 0 Å². The van der Waals surface area contributed by atoms with Crippen molar-refractivity contribution in [2.24, 2.45) is 14.1 Å². The summed E-state index contributed by atoms with van der Waals surface area (Å²) in [4.78, 5) is 56.2. The summed E-state index contributed by atoms with van der Waals surface area (Å²) in [6.45, 7) is 0. The zero-order valence-corrected chi connectivity index (χ0v) is 39.7. The molecule has 346 valence electrons. The highest BCUT2D eigenvalue weighted by Gasteiger charge is 2.27. The third kappa shape index (κ3) is 10.6. The largest absolute Gasteiger partial charge is 0.301 e. The third-order valence-corrected chi connectivity index (χ3v) is 13.9. The van der Waals surface area contributed by atoms with Crippen LogP contribution in [0.25, 0.3) is 65.6 Å². The number of aryl methyl sites for hydroxylation is 2. The highest BCUT2D eigenvalue weighted by Crippen LogP contribution is 2.29. The van der Waals surface area contributed by atoms with E-state index in [0.29, 0.717) is 58.5 Å². The van der Waals surface area contributed by atoms with Crippen LogP contribution >= 0.6 is 23.4 Å². The molecule has 19 nitrogen and oxygen atoms in total. The van der Waals surface area contributed by atoms with E-state index >= 15 is 0 Å². The predicted molar refractivity (Wildman–Crippen MR) is 260 cm³/mol. The average Bonchev–Trinajstić information content (AvgIpc) is 3.97. The quantitative estimate of drug-likeness (QED) is 0.138. The Morgan fingerprint density at radius 2 is 1.03 bits per heavy atom. The molecule has 9 rings (SSSR count). The second kappa shape index (κ2) is 19.1. The minimum atomic E-state index is -3.71. The molecule has 23 heteroatoms. The van der Waals surface area contributed by atoms with Gasteiger partial charge in [-0.05, 0) is 59.3 Å². The molecule has 1 aliphatic heterocycles. The van der Waals surface area contributed by atoms with Gasteiger partial charge in [0.05, 0.1) is 45.2 Å². The van der Waals surface area contributed by atoms with Gasteiger partial charge in [0.1, 0.15) is 0 Å². The van der Waals surface area contributed by atoms with Gasteiger partial charge in [0.15, 0.2) is 10.9 Å². The molecule has 0 unspecified atom stereocenters. The van der Waals surface area contributed by atoms with Gasteiger partial charge in [-0.25, -0.2) is 0 Å². The summed E-state index contributed by atoms with van der Waals surface area (Å²) in [5, 5.41) is 11.4. The normalized spacial score (nSPS) is 13.0. The van der Waals surface area contributed by atoms with Crippen LogP contribution in [0.15, 0.2) is 114 Å². The zero-order chi connectivity index (χ0) is 48.5. The number of nitrogens with zero attached hydrogens (tertiary/aromatic N) is 9. The highest BCUT2D eigenvalue weighted by atomic mass is 35.5. The lowest BCUT2D eigenvalue weighted by atomic mass is 10.1. The van der Waals surface area contributed by atoms with Crippen LogP contribution in [0, 0.1) is 0 Å². The Kier molecular flexibility index (Phi) is 13.7. The van der Waals surface area contributed by atoms with Crippen molar-refractivity contribution in [1.82, 2.24) is 42.6 Å². The van der Waals surface area contributed by atoms with Crippen LogP contribution < -0.4 is 20.3 Å². The molecule has 0 radical (unpaired) electrons. The van der Waals surface area contributed by atoms with E-state index in [0.717, 1.165) is 30.9 Å². The van der Waals surface area contributed by atoms with Crippen LogP contribution in [0.5, 0.6) is 0 Å². The molecule has 1 saturated heterocycles. The number of imide groups is 1. The zero-order valence-electron chi connectivity index (χ0n) is 36.6. The number of carbonyl (C=O) groups excluding carboxylic acids is 2. The molecule has 0 bridgehead atoms. The van der Waals surface area contributed by atoms with Crippen LogP contribution in [-0.2, 0) is 44.1 Å². The number of nitrogens with one attached hydrogen (secondary N) is 2. The fraction of sp³-hybridized carbons (Fsp3) is 0.182. The molecule has 5 heterocycles. The molecular weight excluding hydrogens is 946 g/mol. The number of aromatic nitrogens is 6. The van der Waals surface area contributed by atoms with Crippen molar-refractivity contribution in [2.45, 2.75) is 12.8 Å². The summed E-state index contributed by atoms with van der Waals surface area (Å²) in [6.07, 6.45) is 11.0. The van der Waals surface area contributed by atoms with Gasteiger partial charge >= 0.3 is 20.4 Å². The lowest BCUT2D eigenvalue weighted by Crippen LogP contribution is -2.28. The SMILES string of the molecule is CN(C)S(=O)(=O)Nc1ccc2cc(Cl)c3ncc(-c4cnn(C)c4)cc3c(=O)c2c1.CN(C)S(=O)(=O)Nc1ccc2ccc3ncc(-c4cnn(C)c4)cc3c(=O)c2c1.O=C1CCC(=O)N1Cl. The second-order valence-corrected chi connectivity index (χ2v) is 20.0. The molecule has 0 aliphatic carbocycles. The average molecular weight is 987 g/mol. The molecule has 1 aliphatic rings. The van der Waals surface area contributed by atoms with Crippen LogP contribution in [0.1, 0.15) is 12.8 Å². The molecule has 4 aromatic carbocycles. The first kappa shape index (κ1) is 48.1. The lowest BCUT2D eigenvalue weighted by molar-refractivity contribution is -0.132. The monoisotopic (exact) mass is 985 g/mol. The Morgan fingerprint density at radius 1 is 0.567 bits per heavy atom. The smallest absolute Gasteiger partial charge is 0.289 e. The number of fused-ring (bicyclic) bond motifs is 4. The minimum absolute atomic E-state index is 0.218. The summed E-state index contributed by atoms with van der Waals surface area (Å²) in [5.74, 6) is -0.590. The molecular formula is C44H41Cl2N11O8S2. The van der Waals surface area contributed by atoms with Crippen molar-refractivity contribution in [1.29, 1.82) is 0 Å². The van der Waals surface area contributed by atoms with Crippen molar-refractivity contribution in [3.8, 4) is 22.3 Å². The number of rotatable bonds is 8. The van der Waals surface area contributed by atoms with Gasteiger partial charge in [-0.15, -0.1) is 0 Å². The molecule has 0 saturated carbocycles. The number of hydrogen-bond acceptors (Lipinski definition) is 12. The van der Waals surface area contributed by atoms with Crippen molar-refractivity contribution >= 4 is 110 Å². The van der Waals surface area contributed by atoms with E-state index in [9.17, 15) is 36.0 Å². The molecule has 8 aromatic rings. The summed E-state index contributed by atoms with van der Waals surface area (Å²) in [7, 11) is 1.94. The van der Waals surface area contributed by atoms with Gasteiger partial charge in [-0.2, -0.15) is 40.1 Å². The maximum absolute atomic E-state index is 13.4. The first-order valence-electron chi connectivity index (χ1n) is 19.9. The standard InChI is InChI=1S/C20H18ClN5O3S.C20H19N5O3S.C4H4ClNO2/c1-25(2)30(28,29)24-15-5-4-12-7-18(21)19-17(20(27)16(12)8-15)6-13(9-22-19)14-10-23-26(3)11-14;1-24(2)29(27,28)23-16-6-4-13-5-7-19-18(20(26)17(13)9-16)8-14(10-21-19)15-11-22-25(3)12-15;5-6-3(7)1-2-4(6)8/h4-11,24H,1-3H3;4-12,23H,1-3H3;1-2H2. The van der Waals surface area contributed by atoms with Crippen molar-refractivity contribution in [2.75, 3.05) is 37.6 Å². The van der Waals surface area contributed by atoms with E-state index in [1.807, 2.05) is 19.4 Å². The summed E-state index contributed by atoms with van der Waals surface area (Å²) in [6, 6.07) is 18.4. The van der Waals surface area contributed by atoms with Gasteiger partial charge in [-0.1, -0.05) is 29.8 Å². The molecule has 4 aromatic heterocycles. The Labute approximate surface area is 393 Å². The Bertz CT molecular complexity index is 3630. The molecule has 2 amide bonds. The van der Waals surface area contributed by atoms with E-state index in [1.54, 1.807) is 102 Å². The Morgan fingerprint density at radius 3 is 1.51 bits per heavy atom. The van der Waals surface area contributed by atoms with E-state index in [4.69, 9.17) is 23.4 Å². The summed E-state index contributed by atoms with van der Waals surface area (Å²) in [5.41, 5.74) is 4.21. The van der Waals surface area contributed by atoms with Crippen LogP contribution in [-0.4, -0.2) is 99.4 Å². The number of anilines is 2. The first-order chi connectivity index (χ1) is 31.6. The third-order valence-electron chi connectivity index (χ3n) is 10.3. The summed E-state index contributed by atoms with van der Waals surface area (Å²) >= 11 is 11.6. The lowest BCUT2D eigenvalue weighted by Gasteiger charge is -2.13. The van der Waals surface area contributed by atoms with E-state index in [-0.39, 0.29) is 41.2 Å². The maximum atomic E-state index is 13.4. The second-order valence-electron chi connectivity index (χ2n) is 15.5. The number of amides is 2.